The van der Waals surface area contributed by atoms with E-state index in [1.165, 1.54) is 46.6 Å². The molecule has 416 valence electrons. The number of rotatable bonds is 12. The van der Waals surface area contributed by atoms with Gasteiger partial charge in [-0.05, 0) is 102 Å². The highest BCUT2D eigenvalue weighted by molar-refractivity contribution is 5.85. The first-order valence-electron chi connectivity index (χ1n) is 24.7. The highest BCUT2D eigenvalue weighted by Crippen LogP contribution is 2.34. The van der Waals surface area contributed by atoms with E-state index >= 15 is 0 Å². The minimum Gasteiger partial charge on any atom is -0.507 e. The predicted molar refractivity (Wildman–Crippen MR) is 297 cm³/mol. The quantitative estimate of drug-likeness (QED) is 0.0572. The van der Waals surface area contributed by atoms with Crippen LogP contribution in [0.25, 0.3) is 44.2 Å². The minimum atomic E-state index is -0.864. The standard InChI is InChI=1S/C21H22N2O4.C17H13FO4.C10H12O4.C7H5FO2.C4H10N2/c1-25-18-6-4-14(12-20(18)26-2)17-11-15-3-5-16(13-19(15)27-21(17)24)23-9-7-22-8-10-23;1-20-14-6-4-10(8-16(14)21-2)13-7-11-3-5-12(18)9-15(11)22-17(13)19;1-13-8-4-3-7(6-10(11)12)5-9(8)14-2;8-6-2-1-5(4-9)7(10)3-6;1-2-6-4-3-5-1/h3-6,11-13,22H,7-10H2,1-2H3;3-9H,1-2H3;3-5H,6H2,1-2H3,(H,11,12);1-4,10H;5-6H,1-4H2. The largest absolute Gasteiger partial charge is 0.507 e. The fourth-order valence-electron chi connectivity index (χ4n) is 8.10. The highest BCUT2D eigenvalue weighted by atomic mass is 19.1. The number of carboxylic acids is 1. The SMILES string of the molecule is C1CNCCN1.COc1ccc(-c2cc3ccc(F)cc3oc2=O)cc1OC.COc1ccc(-c2cc3ccc(N4CCNCC4)cc3oc2=O)cc1OC.COc1ccc(CC(=O)O)cc1OC.O=Cc1ccc(F)cc1O. The number of phenolic OH excluding ortho intramolecular Hbond substituents is 1. The zero-order valence-corrected chi connectivity index (χ0v) is 44.5. The summed E-state index contributed by atoms with van der Waals surface area (Å²) in [7, 11) is 9.26. The van der Waals surface area contributed by atoms with Crippen LogP contribution < -0.4 is 60.5 Å². The molecule has 79 heavy (non-hydrogen) atoms. The summed E-state index contributed by atoms with van der Waals surface area (Å²) < 4.78 is 67.3. The van der Waals surface area contributed by atoms with Crippen LogP contribution in [0.1, 0.15) is 15.9 Å². The first-order chi connectivity index (χ1) is 38.2. The number of nitrogens with zero attached hydrogens (tertiary/aromatic N) is 1. The van der Waals surface area contributed by atoms with Gasteiger partial charge in [0.05, 0.1) is 65.8 Å². The number of carbonyl (C=O) groups excluding carboxylic acids is 1. The molecule has 10 rings (SSSR count). The third-order valence-corrected chi connectivity index (χ3v) is 12.2. The number of hydrogen-bond acceptors (Lipinski definition) is 17. The second-order valence-corrected chi connectivity index (χ2v) is 17.3. The second-order valence-electron chi connectivity index (χ2n) is 17.3. The maximum absolute atomic E-state index is 13.2. The van der Waals surface area contributed by atoms with E-state index in [4.69, 9.17) is 47.5 Å². The summed E-state index contributed by atoms with van der Waals surface area (Å²) in [4.78, 5) is 47.5. The average molecular weight is 1090 g/mol. The molecular weight excluding hydrogens is 1030 g/mol. The number of halogens is 2. The Hall–Kier alpha value is -8.98. The molecule has 0 unspecified atom stereocenters. The summed E-state index contributed by atoms with van der Waals surface area (Å²) in [5.41, 5.74) is 4.01. The number of aldehydes is 1. The Balaban J connectivity index is 0.000000173. The van der Waals surface area contributed by atoms with Crippen molar-refractivity contribution in [3.63, 3.8) is 0 Å². The minimum absolute atomic E-state index is 0.0135. The monoisotopic (exact) mass is 1090 g/mol. The van der Waals surface area contributed by atoms with Crippen molar-refractivity contribution in [3.8, 4) is 62.5 Å². The van der Waals surface area contributed by atoms with E-state index in [-0.39, 0.29) is 28.9 Å². The number of benzene rings is 6. The van der Waals surface area contributed by atoms with Crippen LogP contribution in [0.5, 0.6) is 40.2 Å². The number of nitrogens with one attached hydrogen (secondary N) is 3. The molecule has 0 aliphatic carbocycles. The summed E-state index contributed by atoms with van der Waals surface area (Å²) in [6, 6.07) is 32.5. The fourth-order valence-corrected chi connectivity index (χ4v) is 8.10. The van der Waals surface area contributed by atoms with Gasteiger partial charge in [-0.1, -0.05) is 18.2 Å². The summed E-state index contributed by atoms with van der Waals surface area (Å²) >= 11 is 0. The number of methoxy groups -OCH3 is 6. The summed E-state index contributed by atoms with van der Waals surface area (Å²) in [6.07, 6.45) is 0.453. The molecule has 6 aromatic carbocycles. The molecule has 2 aliphatic heterocycles. The second kappa shape index (κ2) is 29.5. The molecule has 2 aliphatic rings. The lowest BCUT2D eigenvalue weighted by atomic mass is 10.0. The van der Waals surface area contributed by atoms with Gasteiger partial charge < -0.3 is 68.3 Å². The van der Waals surface area contributed by atoms with Gasteiger partial charge in [0.15, 0.2) is 40.8 Å². The zero-order valence-electron chi connectivity index (χ0n) is 44.5. The van der Waals surface area contributed by atoms with Gasteiger partial charge in [0.1, 0.15) is 28.5 Å². The third kappa shape index (κ3) is 16.5. The zero-order chi connectivity index (χ0) is 56.8. The Morgan fingerprint density at radius 2 is 0.987 bits per heavy atom. The normalized spacial score (nSPS) is 12.6. The molecule has 0 bridgehead atoms. The molecule has 8 aromatic rings. The van der Waals surface area contributed by atoms with Crippen LogP contribution in [-0.2, 0) is 11.2 Å². The molecule has 0 saturated carbocycles. The molecule has 2 aromatic heterocycles. The number of hydrogen-bond donors (Lipinski definition) is 5. The Kier molecular flexibility index (Phi) is 22.1. The number of aliphatic carboxylic acids is 1. The van der Waals surface area contributed by atoms with Crippen LogP contribution in [-0.4, -0.2) is 117 Å². The van der Waals surface area contributed by atoms with Crippen LogP contribution in [0.15, 0.2) is 140 Å². The van der Waals surface area contributed by atoms with Crippen LogP contribution in [0, 0.1) is 11.6 Å². The van der Waals surface area contributed by atoms with E-state index < -0.39 is 23.2 Å². The van der Waals surface area contributed by atoms with Gasteiger partial charge in [-0.25, -0.2) is 18.4 Å². The van der Waals surface area contributed by atoms with Crippen LogP contribution >= 0.6 is 0 Å². The molecule has 0 atom stereocenters. The van der Waals surface area contributed by atoms with Gasteiger partial charge in [-0.2, -0.15) is 0 Å². The number of phenols is 1. The molecule has 2 fully saturated rings. The summed E-state index contributed by atoms with van der Waals surface area (Å²) in [5, 5.41) is 28.7. The number of ether oxygens (including phenoxy) is 6. The Morgan fingerprint density at radius 3 is 1.46 bits per heavy atom. The van der Waals surface area contributed by atoms with Crippen molar-refractivity contribution in [1.82, 2.24) is 16.0 Å². The predicted octanol–water partition coefficient (Wildman–Crippen LogP) is 8.36. The Labute approximate surface area is 454 Å². The fraction of sp³-hybridized carbons (Fsp3) is 0.254. The Bertz CT molecular complexity index is 3440. The van der Waals surface area contributed by atoms with E-state index in [0.717, 1.165) is 81.1 Å². The van der Waals surface area contributed by atoms with Crippen molar-refractivity contribution in [1.29, 1.82) is 0 Å². The average Bonchev–Trinajstić information content (AvgIpc) is 3.57. The topological polar surface area (TPSA) is 230 Å². The van der Waals surface area contributed by atoms with Crippen LogP contribution in [0.2, 0.25) is 0 Å². The van der Waals surface area contributed by atoms with Gasteiger partial charge >= 0.3 is 17.2 Å². The van der Waals surface area contributed by atoms with E-state index in [0.29, 0.717) is 74.0 Å². The lowest BCUT2D eigenvalue weighted by molar-refractivity contribution is -0.136. The van der Waals surface area contributed by atoms with Crippen molar-refractivity contribution < 1.29 is 65.8 Å². The van der Waals surface area contributed by atoms with Gasteiger partial charge in [-0.3, -0.25) is 9.59 Å². The van der Waals surface area contributed by atoms with Gasteiger partial charge in [0.25, 0.3) is 0 Å². The molecule has 0 spiro atoms. The van der Waals surface area contributed by atoms with Crippen molar-refractivity contribution in [2.75, 3.05) is 99.9 Å². The molecule has 4 heterocycles. The highest BCUT2D eigenvalue weighted by Gasteiger charge is 2.16. The number of piperazine rings is 2. The van der Waals surface area contributed by atoms with E-state index in [9.17, 15) is 28.0 Å². The number of fused-ring (bicyclic) bond motifs is 2. The maximum Gasteiger partial charge on any atom is 0.344 e. The first-order valence-corrected chi connectivity index (χ1v) is 24.7. The lowest BCUT2D eigenvalue weighted by Crippen LogP contribution is -2.43. The molecule has 18 nitrogen and oxygen atoms in total. The van der Waals surface area contributed by atoms with Gasteiger partial charge in [0, 0.05) is 87.0 Å². The number of carboxylic acid groups (broad SMARTS) is 1. The van der Waals surface area contributed by atoms with Crippen molar-refractivity contribution in [2.24, 2.45) is 0 Å². The van der Waals surface area contributed by atoms with Crippen molar-refractivity contribution in [2.45, 2.75) is 6.42 Å². The smallest absolute Gasteiger partial charge is 0.344 e. The van der Waals surface area contributed by atoms with Gasteiger partial charge in [-0.15, -0.1) is 0 Å². The van der Waals surface area contributed by atoms with E-state index in [2.05, 4.69) is 26.9 Å². The maximum atomic E-state index is 13.2. The van der Waals surface area contributed by atoms with Crippen LogP contribution in [0.3, 0.4) is 0 Å². The van der Waals surface area contributed by atoms with E-state index in [1.807, 2.05) is 24.3 Å². The first kappa shape index (κ1) is 59.3. The molecule has 20 heteroatoms. The summed E-state index contributed by atoms with van der Waals surface area (Å²) in [6.45, 7) is 8.36. The molecule has 2 saturated heterocycles. The lowest BCUT2D eigenvalue weighted by Gasteiger charge is -2.29. The third-order valence-electron chi connectivity index (χ3n) is 12.2. The van der Waals surface area contributed by atoms with E-state index in [1.54, 1.807) is 74.9 Å². The number of anilines is 1. The van der Waals surface area contributed by atoms with Crippen LogP contribution in [0.4, 0.5) is 14.5 Å². The molecule has 5 N–H and O–H groups in total. The van der Waals surface area contributed by atoms with Gasteiger partial charge in [0.2, 0.25) is 0 Å². The molecular formula is C59H62F2N4O14. The molecule has 0 amide bonds. The van der Waals surface area contributed by atoms with Crippen molar-refractivity contribution in [3.05, 3.63) is 165 Å². The Morgan fingerprint density at radius 1 is 0.544 bits per heavy atom. The summed E-state index contributed by atoms with van der Waals surface area (Å²) in [5.74, 6) is 1.23. The van der Waals surface area contributed by atoms with Crippen molar-refractivity contribution >= 4 is 39.9 Å². The number of aromatic hydroxyl groups is 1. The number of carbonyl (C=O) groups is 2. The molecule has 0 radical (unpaired) electrons.